The minimum absolute atomic E-state index is 0.316. The van der Waals surface area contributed by atoms with Gasteiger partial charge in [0, 0.05) is 0 Å². The fourth-order valence-electron chi connectivity index (χ4n) is 1.17. The summed E-state index contributed by atoms with van der Waals surface area (Å²) in [7, 11) is 1.62. The molecule has 0 aliphatic heterocycles. The van der Waals surface area contributed by atoms with Crippen molar-refractivity contribution >= 4 is 21.8 Å². The summed E-state index contributed by atoms with van der Waals surface area (Å²) in [5.74, 6) is -0.862. The van der Waals surface area contributed by atoms with Crippen molar-refractivity contribution in [1.82, 2.24) is 5.32 Å². The molecule has 3 N–H and O–H groups in total. The molecule has 0 bridgehead atoms. The Bertz CT molecular complexity index is 357. The van der Waals surface area contributed by atoms with E-state index in [0.717, 1.165) is 0 Å². The Kier molecular flexibility index (Phi) is 3.60. The lowest BCUT2D eigenvalue weighted by Gasteiger charge is -2.12. The molecule has 1 rings (SSSR count). The lowest BCUT2D eigenvalue weighted by atomic mass is 10.1. The Morgan fingerprint density at radius 3 is 2.71 bits per heavy atom. The summed E-state index contributed by atoms with van der Waals surface area (Å²) in [5, 5.41) is 2.75. The maximum Gasteiger partial charge on any atom is 0.239 e. The molecular formula is C9H10BrFN2O. The van der Waals surface area contributed by atoms with Gasteiger partial charge in [0.1, 0.15) is 11.9 Å². The number of primary amides is 1. The van der Waals surface area contributed by atoms with E-state index in [0.29, 0.717) is 10.0 Å². The number of carbonyl (C=O) groups is 1. The molecular weight excluding hydrogens is 251 g/mol. The van der Waals surface area contributed by atoms with Crippen molar-refractivity contribution in [3.8, 4) is 0 Å². The Balaban J connectivity index is 3.06. The normalized spacial score (nSPS) is 12.5. The van der Waals surface area contributed by atoms with Crippen LogP contribution in [0, 0.1) is 5.82 Å². The molecule has 0 heterocycles. The van der Waals surface area contributed by atoms with Gasteiger partial charge in [-0.15, -0.1) is 0 Å². The lowest BCUT2D eigenvalue weighted by Crippen LogP contribution is -2.31. The highest BCUT2D eigenvalue weighted by atomic mass is 79.9. The molecule has 0 aromatic heterocycles. The minimum atomic E-state index is -0.591. The van der Waals surface area contributed by atoms with Crippen molar-refractivity contribution in [3.63, 3.8) is 0 Å². The molecule has 1 atom stereocenters. The predicted octanol–water partition coefficient (Wildman–Crippen LogP) is 1.33. The number of carbonyl (C=O) groups excluding carboxylic acids is 1. The molecule has 0 saturated carbocycles. The van der Waals surface area contributed by atoms with Crippen LogP contribution in [0.1, 0.15) is 11.6 Å². The van der Waals surface area contributed by atoms with Crippen LogP contribution in [0.5, 0.6) is 0 Å². The average Bonchev–Trinajstić information content (AvgIpc) is 2.11. The van der Waals surface area contributed by atoms with E-state index in [2.05, 4.69) is 21.2 Å². The highest BCUT2D eigenvalue weighted by Crippen LogP contribution is 2.20. The van der Waals surface area contributed by atoms with E-state index >= 15 is 0 Å². The molecule has 0 radical (unpaired) electrons. The molecule has 0 aliphatic rings. The van der Waals surface area contributed by atoms with Crippen LogP contribution in [-0.2, 0) is 4.79 Å². The number of hydrogen-bond acceptors (Lipinski definition) is 2. The van der Waals surface area contributed by atoms with Gasteiger partial charge in [-0.05, 0) is 40.7 Å². The van der Waals surface area contributed by atoms with Crippen LogP contribution in [0.15, 0.2) is 22.7 Å². The molecule has 1 aromatic carbocycles. The summed E-state index contributed by atoms with van der Waals surface area (Å²) in [6.45, 7) is 0. The first-order chi connectivity index (χ1) is 6.56. The molecule has 0 saturated heterocycles. The maximum absolute atomic E-state index is 12.9. The third-order valence-corrected chi connectivity index (χ3v) is 2.46. The summed E-state index contributed by atoms with van der Waals surface area (Å²) >= 11 is 3.04. The van der Waals surface area contributed by atoms with E-state index in [-0.39, 0.29) is 5.82 Å². The van der Waals surface area contributed by atoms with Gasteiger partial charge in [0.25, 0.3) is 0 Å². The number of amides is 1. The van der Waals surface area contributed by atoms with E-state index in [1.807, 2.05) is 0 Å². The summed E-state index contributed by atoms with van der Waals surface area (Å²) < 4.78 is 13.2. The topological polar surface area (TPSA) is 55.1 Å². The average molecular weight is 261 g/mol. The largest absolute Gasteiger partial charge is 0.368 e. The molecule has 14 heavy (non-hydrogen) atoms. The smallest absolute Gasteiger partial charge is 0.239 e. The number of likely N-dealkylation sites (N-methyl/N-ethyl adjacent to an activating group) is 1. The van der Waals surface area contributed by atoms with Crippen LogP contribution in [0.4, 0.5) is 4.39 Å². The van der Waals surface area contributed by atoms with Crippen LogP contribution >= 0.6 is 15.9 Å². The van der Waals surface area contributed by atoms with E-state index in [1.165, 1.54) is 18.2 Å². The van der Waals surface area contributed by atoms with Gasteiger partial charge in [0.05, 0.1) is 4.47 Å². The number of nitrogens with two attached hydrogens (primary N) is 1. The van der Waals surface area contributed by atoms with Gasteiger partial charge in [-0.1, -0.05) is 6.07 Å². The highest BCUT2D eigenvalue weighted by molar-refractivity contribution is 9.10. The SMILES string of the molecule is CN[C@@H](C(N)=O)c1ccc(F)c(Br)c1. The Hall–Kier alpha value is -0.940. The van der Waals surface area contributed by atoms with E-state index in [1.54, 1.807) is 7.05 Å². The molecule has 76 valence electrons. The minimum Gasteiger partial charge on any atom is -0.368 e. The third kappa shape index (κ3) is 2.30. The lowest BCUT2D eigenvalue weighted by molar-refractivity contribution is -0.120. The van der Waals surface area contributed by atoms with Crippen LogP contribution < -0.4 is 11.1 Å². The zero-order chi connectivity index (χ0) is 10.7. The summed E-state index contributed by atoms with van der Waals surface area (Å²) in [5.41, 5.74) is 5.79. The fourth-order valence-corrected chi connectivity index (χ4v) is 1.56. The van der Waals surface area contributed by atoms with Gasteiger partial charge in [-0.25, -0.2) is 4.39 Å². The van der Waals surface area contributed by atoms with Crippen molar-refractivity contribution in [1.29, 1.82) is 0 Å². The zero-order valence-corrected chi connectivity index (χ0v) is 9.14. The predicted molar refractivity (Wildman–Crippen MR) is 55.1 cm³/mol. The first-order valence-corrected chi connectivity index (χ1v) is 4.77. The third-order valence-electron chi connectivity index (χ3n) is 1.85. The van der Waals surface area contributed by atoms with Gasteiger partial charge in [0.15, 0.2) is 0 Å². The highest BCUT2D eigenvalue weighted by Gasteiger charge is 2.16. The second-order valence-electron chi connectivity index (χ2n) is 2.80. The number of benzene rings is 1. The molecule has 0 fully saturated rings. The number of halogens is 2. The first-order valence-electron chi connectivity index (χ1n) is 3.97. The summed E-state index contributed by atoms with van der Waals surface area (Å²) in [6.07, 6.45) is 0. The molecule has 0 unspecified atom stereocenters. The van der Waals surface area contributed by atoms with Crippen molar-refractivity contribution in [2.75, 3.05) is 7.05 Å². The quantitative estimate of drug-likeness (QED) is 0.862. The van der Waals surface area contributed by atoms with E-state index in [9.17, 15) is 9.18 Å². The molecule has 1 aromatic rings. The first kappa shape index (κ1) is 11.1. The van der Waals surface area contributed by atoms with Crippen molar-refractivity contribution in [2.45, 2.75) is 6.04 Å². The van der Waals surface area contributed by atoms with Crippen molar-refractivity contribution in [3.05, 3.63) is 34.1 Å². The van der Waals surface area contributed by atoms with Gasteiger partial charge in [-0.3, -0.25) is 4.79 Å². The van der Waals surface area contributed by atoms with Gasteiger partial charge < -0.3 is 11.1 Å². The number of rotatable bonds is 3. The van der Waals surface area contributed by atoms with Crippen LogP contribution in [0.3, 0.4) is 0 Å². The Morgan fingerprint density at radius 1 is 1.64 bits per heavy atom. The van der Waals surface area contributed by atoms with Crippen molar-refractivity contribution < 1.29 is 9.18 Å². The Labute approximate surface area is 89.6 Å². The standard InChI is InChI=1S/C9H10BrFN2O/c1-13-8(9(12)14)5-2-3-7(11)6(10)4-5/h2-4,8,13H,1H3,(H2,12,14)/t8-/m1/s1. The fraction of sp³-hybridized carbons (Fsp3) is 0.222. The zero-order valence-electron chi connectivity index (χ0n) is 7.55. The van der Waals surface area contributed by atoms with Crippen LogP contribution in [0.25, 0.3) is 0 Å². The summed E-state index contributed by atoms with van der Waals surface area (Å²) in [4.78, 5) is 11.0. The van der Waals surface area contributed by atoms with E-state index < -0.39 is 11.9 Å². The molecule has 1 amide bonds. The van der Waals surface area contributed by atoms with Crippen LogP contribution in [0.2, 0.25) is 0 Å². The molecule has 0 spiro atoms. The van der Waals surface area contributed by atoms with E-state index in [4.69, 9.17) is 5.73 Å². The molecule has 5 heteroatoms. The maximum atomic E-state index is 12.9. The van der Waals surface area contributed by atoms with Crippen LogP contribution in [-0.4, -0.2) is 13.0 Å². The Morgan fingerprint density at radius 2 is 2.29 bits per heavy atom. The second-order valence-corrected chi connectivity index (χ2v) is 3.65. The monoisotopic (exact) mass is 260 g/mol. The molecule has 3 nitrogen and oxygen atoms in total. The van der Waals surface area contributed by atoms with Gasteiger partial charge in [-0.2, -0.15) is 0 Å². The number of nitrogens with one attached hydrogen (secondary N) is 1. The summed E-state index contributed by atoms with van der Waals surface area (Å²) in [6, 6.07) is 3.74. The van der Waals surface area contributed by atoms with Gasteiger partial charge in [0.2, 0.25) is 5.91 Å². The molecule has 0 aliphatic carbocycles. The number of hydrogen-bond donors (Lipinski definition) is 2. The van der Waals surface area contributed by atoms with Crippen molar-refractivity contribution in [2.24, 2.45) is 5.73 Å². The second kappa shape index (κ2) is 4.52. The van der Waals surface area contributed by atoms with Gasteiger partial charge >= 0.3 is 0 Å².